The summed E-state index contributed by atoms with van der Waals surface area (Å²) in [5.41, 5.74) is 0.865. The van der Waals surface area contributed by atoms with Crippen LogP contribution in [0, 0.1) is 0 Å². The molecule has 2 rings (SSSR count). The summed E-state index contributed by atoms with van der Waals surface area (Å²) in [5, 5.41) is 3.05. The molecule has 0 radical (unpaired) electrons. The number of nitrogens with one attached hydrogen (secondary N) is 1. The summed E-state index contributed by atoms with van der Waals surface area (Å²) >= 11 is 5.98. The first-order valence-electron chi connectivity index (χ1n) is 6.87. The van der Waals surface area contributed by atoms with E-state index in [1.165, 1.54) is 20.2 Å². The number of carbonyl (C=O) groups excluding carboxylic acids is 1. The summed E-state index contributed by atoms with van der Waals surface area (Å²) in [7, 11) is -0.639. The van der Waals surface area contributed by atoms with E-state index >= 15 is 0 Å². The second-order valence-electron chi connectivity index (χ2n) is 5.06. The molecule has 0 saturated carbocycles. The van der Waals surface area contributed by atoms with Gasteiger partial charge in [0, 0.05) is 20.6 Å². The van der Waals surface area contributed by atoms with Gasteiger partial charge in [0.25, 0.3) is 5.91 Å². The largest absolute Gasteiger partial charge is 0.348 e. The van der Waals surface area contributed by atoms with Crippen LogP contribution in [0.3, 0.4) is 0 Å². The lowest BCUT2D eigenvalue weighted by Gasteiger charge is -2.15. The molecule has 0 aromatic heterocycles. The average molecular weight is 353 g/mol. The molecule has 0 aliphatic carbocycles. The number of halogens is 1. The SMILES string of the molecule is CN(C)S(=O)(=O)c1ccccc1CNC(=O)c1ccccc1Cl. The van der Waals surface area contributed by atoms with Crippen LogP contribution >= 0.6 is 11.6 Å². The van der Waals surface area contributed by atoms with E-state index in [1.54, 1.807) is 42.5 Å². The van der Waals surface area contributed by atoms with E-state index in [0.717, 1.165) is 4.31 Å². The highest BCUT2D eigenvalue weighted by atomic mass is 35.5. The van der Waals surface area contributed by atoms with Gasteiger partial charge in [0.2, 0.25) is 10.0 Å². The van der Waals surface area contributed by atoms with Gasteiger partial charge in [0.15, 0.2) is 0 Å². The van der Waals surface area contributed by atoms with E-state index < -0.39 is 10.0 Å². The number of amides is 1. The highest BCUT2D eigenvalue weighted by Crippen LogP contribution is 2.19. The van der Waals surface area contributed by atoms with Gasteiger partial charge in [0.05, 0.1) is 15.5 Å². The number of rotatable bonds is 5. The molecule has 1 N–H and O–H groups in total. The van der Waals surface area contributed by atoms with Crippen molar-refractivity contribution in [2.75, 3.05) is 14.1 Å². The van der Waals surface area contributed by atoms with Gasteiger partial charge < -0.3 is 5.32 Å². The van der Waals surface area contributed by atoms with Crippen LogP contribution in [-0.2, 0) is 16.6 Å². The molecule has 0 atom stereocenters. The van der Waals surface area contributed by atoms with Crippen LogP contribution in [0.15, 0.2) is 53.4 Å². The number of hydrogen-bond donors (Lipinski definition) is 1. The maximum Gasteiger partial charge on any atom is 0.253 e. The molecule has 0 aliphatic heterocycles. The molecule has 5 nitrogen and oxygen atoms in total. The number of benzene rings is 2. The number of hydrogen-bond acceptors (Lipinski definition) is 3. The zero-order valence-corrected chi connectivity index (χ0v) is 14.4. The van der Waals surface area contributed by atoms with E-state index in [2.05, 4.69) is 5.32 Å². The Kier molecular flexibility index (Phi) is 5.41. The maximum atomic E-state index is 12.3. The first kappa shape index (κ1) is 17.5. The molecule has 1 amide bonds. The van der Waals surface area contributed by atoms with Crippen molar-refractivity contribution in [2.45, 2.75) is 11.4 Å². The molecular formula is C16H17ClN2O3S. The second-order valence-corrected chi connectivity index (χ2v) is 7.59. The molecule has 0 fully saturated rings. The van der Waals surface area contributed by atoms with Crippen molar-refractivity contribution in [3.63, 3.8) is 0 Å². The van der Waals surface area contributed by atoms with Crippen LogP contribution in [0.5, 0.6) is 0 Å². The van der Waals surface area contributed by atoms with Gasteiger partial charge in [-0.05, 0) is 23.8 Å². The van der Waals surface area contributed by atoms with Crippen molar-refractivity contribution >= 4 is 27.5 Å². The van der Waals surface area contributed by atoms with E-state index in [9.17, 15) is 13.2 Å². The zero-order chi connectivity index (χ0) is 17.0. The van der Waals surface area contributed by atoms with Crippen LogP contribution in [0.25, 0.3) is 0 Å². The Morgan fingerprint density at radius 2 is 1.70 bits per heavy atom. The maximum absolute atomic E-state index is 12.3. The van der Waals surface area contributed by atoms with Crippen LogP contribution in [0.4, 0.5) is 0 Å². The molecule has 0 saturated heterocycles. The topological polar surface area (TPSA) is 66.5 Å². The van der Waals surface area contributed by atoms with Crippen molar-refractivity contribution in [3.05, 3.63) is 64.7 Å². The number of sulfonamides is 1. The molecule has 23 heavy (non-hydrogen) atoms. The van der Waals surface area contributed by atoms with Crippen molar-refractivity contribution in [1.29, 1.82) is 0 Å². The third kappa shape index (κ3) is 3.90. The Morgan fingerprint density at radius 3 is 2.35 bits per heavy atom. The fraction of sp³-hybridized carbons (Fsp3) is 0.188. The monoisotopic (exact) mass is 352 g/mol. The third-order valence-electron chi connectivity index (χ3n) is 3.29. The van der Waals surface area contributed by atoms with Gasteiger partial charge in [-0.2, -0.15) is 0 Å². The van der Waals surface area contributed by atoms with Gasteiger partial charge in [-0.1, -0.05) is 41.9 Å². The summed E-state index contributed by atoms with van der Waals surface area (Å²) in [6.07, 6.45) is 0. The highest BCUT2D eigenvalue weighted by Gasteiger charge is 2.21. The smallest absolute Gasteiger partial charge is 0.253 e. The predicted octanol–water partition coefficient (Wildman–Crippen LogP) is 2.52. The second kappa shape index (κ2) is 7.12. The fourth-order valence-electron chi connectivity index (χ4n) is 2.01. The van der Waals surface area contributed by atoms with Gasteiger partial charge in [0.1, 0.15) is 0 Å². The molecule has 0 bridgehead atoms. The Labute approximate surface area is 140 Å². The first-order valence-corrected chi connectivity index (χ1v) is 8.69. The molecule has 0 aliphatic rings. The number of nitrogens with zero attached hydrogens (tertiary/aromatic N) is 1. The predicted molar refractivity (Wildman–Crippen MR) is 89.9 cm³/mol. The number of carbonyl (C=O) groups is 1. The van der Waals surface area contributed by atoms with Gasteiger partial charge in [-0.15, -0.1) is 0 Å². The molecule has 0 heterocycles. The summed E-state index contributed by atoms with van der Waals surface area (Å²) < 4.78 is 25.8. The minimum atomic E-state index is -3.57. The standard InChI is InChI=1S/C16H17ClN2O3S/c1-19(2)23(21,22)15-10-6-3-7-12(15)11-18-16(20)13-8-4-5-9-14(13)17/h3-10H,11H2,1-2H3,(H,18,20). The summed E-state index contributed by atoms with van der Waals surface area (Å²) in [5.74, 6) is -0.354. The lowest BCUT2D eigenvalue weighted by molar-refractivity contribution is 0.0950. The molecule has 2 aromatic carbocycles. The minimum Gasteiger partial charge on any atom is -0.348 e. The van der Waals surface area contributed by atoms with E-state index in [1.807, 2.05) is 0 Å². The lowest BCUT2D eigenvalue weighted by Crippen LogP contribution is -2.27. The van der Waals surface area contributed by atoms with E-state index in [0.29, 0.717) is 16.1 Å². The summed E-state index contributed by atoms with van der Waals surface area (Å²) in [6.45, 7) is 0.0906. The van der Waals surface area contributed by atoms with Crippen molar-refractivity contribution in [1.82, 2.24) is 9.62 Å². The average Bonchev–Trinajstić information content (AvgIpc) is 2.53. The third-order valence-corrected chi connectivity index (χ3v) is 5.53. The van der Waals surface area contributed by atoms with Crippen LogP contribution in [0.1, 0.15) is 15.9 Å². The molecule has 2 aromatic rings. The van der Waals surface area contributed by atoms with E-state index in [4.69, 9.17) is 11.6 Å². The molecule has 0 spiro atoms. The molecule has 7 heteroatoms. The van der Waals surface area contributed by atoms with Crippen LogP contribution in [-0.4, -0.2) is 32.7 Å². The Balaban J connectivity index is 2.23. The zero-order valence-electron chi connectivity index (χ0n) is 12.8. The first-order chi connectivity index (χ1) is 10.8. The Bertz CT molecular complexity index is 820. The van der Waals surface area contributed by atoms with Gasteiger partial charge in [-0.25, -0.2) is 12.7 Å². The Hall–Kier alpha value is -1.89. The van der Waals surface area contributed by atoms with Gasteiger partial charge in [-0.3, -0.25) is 4.79 Å². The van der Waals surface area contributed by atoms with Crippen LogP contribution in [0.2, 0.25) is 5.02 Å². The van der Waals surface area contributed by atoms with Crippen molar-refractivity contribution in [3.8, 4) is 0 Å². The van der Waals surface area contributed by atoms with Crippen molar-refractivity contribution in [2.24, 2.45) is 0 Å². The normalized spacial score (nSPS) is 11.5. The van der Waals surface area contributed by atoms with E-state index in [-0.39, 0.29) is 17.3 Å². The van der Waals surface area contributed by atoms with Gasteiger partial charge >= 0.3 is 0 Å². The summed E-state index contributed by atoms with van der Waals surface area (Å²) in [6, 6.07) is 13.3. The van der Waals surface area contributed by atoms with Crippen LogP contribution < -0.4 is 5.32 Å². The summed E-state index contributed by atoms with van der Waals surface area (Å²) in [4.78, 5) is 12.3. The quantitative estimate of drug-likeness (QED) is 0.899. The Morgan fingerprint density at radius 1 is 1.09 bits per heavy atom. The highest BCUT2D eigenvalue weighted by molar-refractivity contribution is 7.89. The molecule has 122 valence electrons. The van der Waals surface area contributed by atoms with Crippen molar-refractivity contribution < 1.29 is 13.2 Å². The fourth-order valence-corrected chi connectivity index (χ4v) is 3.35. The molecule has 0 unspecified atom stereocenters. The lowest BCUT2D eigenvalue weighted by atomic mass is 10.2. The molecular weight excluding hydrogens is 336 g/mol. The minimum absolute atomic E-state index is 0.0906.